The van der Waals surface area contributed by atoms with Crippen LogP contribution in [0.5, 0.6) is 0 Å². The molecule has 0 aromatic rings. The summed E-state index contributed by atoms with van der Waals surface area (Å²) < 4.78 is 39.0. The van der Waals surface area contributed by atoms with Crippen molar-refractivity contribution in [2.75, 3.05) is 6.54 Å². The third kappa shape index (κ3) is 4.15. The van der Waals surface area contributed by atoms with Crippen LogP contribution in [-0.2, 0) is 4.79 Å². The van der Waals surface area contributed by atoms with Gasteiger partial charge in [0.15, 0.2) is 0 Å². The van der Waals surface area contributed by atoms with Crippen LogP contribution in [0.4, 0.5) is 13.2 Å². The van der Waals surface area contributed by atoms with E-state index in [9.17, 15) is 18.0 Å². The second kappa shape index (κ2) is 5.91. The molecule has 1 unspecified atom stereocenters. The Hall–Kier alpha value is -0.780. The number of carbonyl (C=O) groups excluding carboxylic acids is 1. The molecule has 0 saturated heterocycles. The van der Waals surface area contributed by atoms with Gasteiger partial charge in [0.2, 0.25) is 5.91 Å². The average Bonchev–Trinajstić information content (AvgIpc) is 2.98. The maximum absolute atomic E-state index is 13.0. The van der Waals surface area contributed by atoms with E-state index in [0.29, 0.717) is 12.8 Å². The van der Waals surface area contributed by atoms with Crippen molar-refractivity contribution in [2.24, 2.45) is 11.7 Å². The van der Waals surface area contributed by atoms with Crippen molar-refractivity contribution in [1.82, 2.24) is 4.90 Å². The first kappa shape index (κ1) is 15.3. The summed E-state index contributed by atoms with van der Waals surface area (Å²) in [6.07, 6.45) is -3.12. The maximum Gasteiger partial charge on any atom is 0.408 e. The summed E-state index contributed by atoms with van der Waals surface area (Å²) in [4.78, 5) is 13.0. The van der Waals surface area contributed by atoms with Crippen molar-refractivity contribution < 1.29 is 18.0 Å². The molecule has 1 rings (SSSR count). The molecule has 6 heteroatoms. The highest BCUT2D eigenvalue weighted by Crippen LogP contribution is 2.36. The minimum atomic E-state index is -4.39. The quantitative estimate of drug-likeness (QED) is 0.802. The molecule has 1 saturated carbocycles. The summed E-state index contributed by atoms with van der Waals surface area (Å²) in [5.41, 5.74) is 5.25. The van der Waals surface area contributed by atoms with Gasteiger partial charge in [-0.05, 0) is 31.7 Å². The molecule has 0 radical (unpaired) electrons. The third-order valence-corrected chi connectivity index (χ3v) is 2.96. The second-order valence-electron chi connectivity index (χ2n) is 5.26. The standard InChI is InChI=1S/C12H21F3N2O/c1-8(2)7-11(18)17(9-3-4-9)10(5-6-16)12(13,14)15/h8-10H,3-7,16H2,1-2H3. The highest BCUT2D eigenvalue weighted by molar-refractivity contribution is 5.77. The third-order valence-electron chi connectivity index (χ3n) is 2.96. The van der Waals surface area contributed by atoms with E-state index in [0.717, 1.165) is 4.90 Å². The number of rotatable bonds is 6. The van der Waals surface area contributed by atoms with Gasteiger partial charge in [0, 0.05) is 12.5 Å². The first-order chi connectivity index (χ1) is 8.27. The molecular formula is C12H21F3N2O. The van der Waals surface area contributed by atoms with Gasteiger partial charge in [0.05, 0.1) is 0 Å². The second-order valence-corrected chi connectivity index (χ2v) is 5.26. The van der Waals surface area contributed by atoms with Gasteiger partial charge in [-0.15, -0.1) is 0 Å². The van der Waals surface area contributed by atoms with Crippen molar-refractivity contribution in [1.29, 1.82) is 0 Å². The zero-order valence-electron chi connectivity index (χ0n) is 10.8. The molecular weight excluding hydrogens is 245 g/mol. The lowest BCUT2D eigenvalue weighted by atomic mass is 10.1. The Morgan fingerprint density at radius 2 is 1.94 bits per heavy atom. The van der Waals surface area contributed by atoms with Crippen molar-refractivity contribution in [3.63, 3.8) is 0 Å². The van der Waals surface area contributed by atoms with E-state index < -0.39 is 18.1 Å². The van der Waals surface area contributed by atoms with E-state index in [1.54, 1.807) is 0 Å². The van der Waals surface area contributed by atoms with E-state index >= 15 is 0 Å². The van der Waals surface area contributed by atoms with Crippen LogP contribution in [0, 0.1) is 5.92 Å². The van der Waals surface area contributed by atoms with Crippen LogP contribution in [0.25, 0.3) is 0 Å². The normalized spacial score (nSPS) is 17.9. The Labute approximate surface area is 106 Å². The van der Waals surface area contributed by atoms with Crippen LogP contribution in [-0.4, -0.2) is 35.6 Å². The lowest BCUT2D eigenvalue weighted by molar-refractivity contribution is -0.192. The van der Waals surface area contributed by atoms with Crippen LogP contribution >= 0.6 is 0 Å². The molecule has 0 aromatic heterocycles. The van der Waals surface area contributed by atoms with E-state index in [-0.39, 0.29) is 31.3 Å². The smallest absolute Gasteiger partial charge is 0.330 e. The molecule has 0 aliphatic heterocycles. The van der Waals surface area contributed by atoms with Crippen LogP contribution in [0.3, 0.4) is 0 Å². The highest BCUT2D eigenvalue weighted by atomic mass is 19.4. The molecule has 0 aromatic carbocycles. The van der Waals surface area contributed by atoms with Crippen LogP contribution < -0.4 is 5.73 Å². The van der Waals surface area contributed by atoms with E-state index in [2.05, 4.69) is 0 Å². The van der Waals surface area contributed by atoms with Gasteiger partial charge in [0.25, 0.3) is 0 Å². The summed E-state index contributed by atoms with van der Waals surface area (Å²) in [5.74, 6) is -0.339. The van der Waals surface area contributed by atoms with E-state index in [1.807, 2.05) is 13.8 Å². The Bertz CT molecular complexity index is 288. The Balaban J connectivity index is 2.83. The van der Waals surface area contributed by atoms with Crippen molar-refractivity contribution in [3.8, 4) is 0 Å². The molecule has 1 aliphatic carbocycles. The number of carbonyl (C=O) groups is 1. The zero-order chi connectivity index (χ0) is 13.9. The van der Waals surface area contributed by atoms with Gasteiger partial charge in [-0.1, -0.05) is 13.8 Å². The summed E-state index contributed by atoms with van der Waals surface area (Å²) in [6.45, 7) is 3.59. The Morgan fingerprint density at radius 3 is 2.28 bits per heavy atom. The molecule has 0 spiro atoms. The Morgan fingerprint density at radius 1 is 1.39 bits per heavy atom. The number of hydrogen-bond acceptors (Lipinski definition) is 2. The summed E-state index contributed by atoms with van der Waals surface area (Å²) in [6, 6.07) is -1.96. The predicted octanol–water partition coefficient (Wildman–Crippen LogP) is 2.30. The SMILES string of the molecule is CC(C)CC(=O)N(C1CC1)C(CCN)C(F)(F)F. The Kier molecular flexibility index (Phi) is 5.01. The fraction of sp³-hybridized carbons (Fsp3) is 0.917. The molecule has 1 aliphatic rings. The zero-order valence-corrected chi connectivity index (χ0v) is 10.8. The molecule has 106 valence electrons. The van der Waals surface area contributed by atoms with Crippen LogP contribution in [0.1, 0.15) is 39.5 Å². The minimum Gasteiger partial charge on any atom is -0.330 e. The fourth-order valence-electron chi connectivity index (χ4n) is 2.06. The fourth-order valence-corrected chi connectivity index (χ4v) is 2.06. The van der Waals surface area contributed by atoms with Gasteiger partial charge in [-0.3, -0.25) is 4.79 Å². The summed E-state index contributed by atoms with van der Waals surface area (Å²) in [5, 5.41) is 0. The number of alkyl halides is 3. The molecule has 3 nitrogen and oxygen atoms in total. The van der Waals surface area contributed by atoms with Crippen LogP contribution in [0.15, 0.2) is 0 Å². The van der Waals surface area contributed by atoms with Gasteiger partial charge in [-0.25, -0.2) is 0 Å². The van der Waals surface area contributed by atoms with Gasteiger partial charge >= 0.3 is 6.18 Å². The van der Waals surface area contributed by atoms with Gasteiger partial charge in [-0.2, -0.15) is 13.2 Å². The summed E-state index contributed by atoms with van der Waals surface area (Å²) in [7, 11) is 0. The summed E-state index contributed by atoms with van der Waals surface area (Å²) >= 11 is 0. The van der Waals surface area contributed by atoms with E-state index in [1.165, 1.54) is 0 Å². The predicted molar refractivity (Wildman–Crippen MR) is 62.8 cm³/mol. The largest absolute Gasteiger partial charge is 0.408 e. The minimum absolute atomic E-state index is 0.0607. The molecule has 2 N–H and O–H groups in total. The first-order valence-corrected chi connectivity index (χ1v) is 6.35. The number of nitrogens with two attached hydrogens (primary N) is 1. The van der Waals surface area contributed by atoms with Crippen LogP contribution in [0.2, 0.25) is 0 Å². The molecule has 1 fully saturated rings. The number of amides is 1. The van der Waals surface area contributed by atoms with Gasteiger partial charge < -0.3 is 10.6 Å². The first-order valence-electron chi connectivity index (χ1n) is 6.35. The van der Waals surface area contributed by atoms with Crippen molar-refractivity contribution in [3.05, 3.63) is 0 Å². The number of nitrogens with zero attached hydrogens (tertiary/aromatic N) is 1. The molecule has 0 bridgehead atoms. The molecule has 18 heavy (non-hydrogen) atoms. The monoisotopic (exact) mass is 266 g/mol. The lowest BCUT2D eigenvalue weighted by Crippen LogP contribution is -2.51. The molecule has 1 amide bonds. The highest BCUT2D eigenvalue weighted by Gasteiger charge is 2.49. The lowest BCUT2D eigenvalue weighted by Gasteiger charge is -2.33. The topological polar surface area (TPSA) is 46.3 Å². The number of halogens is 3. The number of hydrogen-bond donors (Lipinski definition) is 1. The molecule has 0 heterocycles. The average molecular weight is 266 g/mol. The molecule has 1 atom stereocenters. The van der Waals surface area contributed by atoms with Crippen molar-refractivity contribution >= 4 is 5.91 Å². The van der Waals surface area contributed by atoms with Gasteiger partial charge in [0.1, 0.15) is 6.04 Å². The maximum atomic E-state index is 13.0. The van der Waals surface area contributed by atoms with E-state index in [4.69, 9.17) is 5.73 Å². The van der Waals surface area contributed by atoms with Crippen molar-refractivity contribution in [2.45, 2.75) is 57.8 Å².